The van der Waals surface area contributed by atoms with Gasteiger partial charge in [0.15, 0.2) is 0 Å². The van der Waals surface area contributed by atoms with Gasteiger partial charge in [0.25, 0.3) is 0 Å². The lowest BCUT2D eigenvalue weighted by Gasteiger charge is -2.30. The van der Waals surface area contributed by atoms with Gasteiger partial charge in [0.1, 0.15) is 6.17 Å². The number of fused-ring (bicyclic) bond motifs is 1. The second-order valence-electron chi connectivity index (χ2n) is 7.48. The van der Waals surface area contributed by atoms with Crippen molar-refractivity contribution in [3.8, 4) is 0 Å². The molecule has 140 valence electrons. The number of aromatic nitrogens is 2. The molecule has 0 spiro atoms. The summed E-state index contributed by atoms with van der Waals surface area (Å²) in [5, 5.41) is 3.48. The van der Waals surface area contributed by atoms with Crippen LogP contribution >= 0.6 is 11.6 Å². The Hall–Kier alpha value is -1.46. The van der Waals surface area contributed by atoms with E-state index < -0.39 is 6.17 Å². The highest BCUT2D eigenvalue weighted by Crippen LogP contribution is 2.33. The monoisotopic (exact) mass is 376 g/mol. The molecule has 1 atom stereocenters. The van der Waals surface area contributed by atoms with Gasteiger partial charge < -0.3 is 10.2 Å². The maximum absolute atomic E-state index is 13.5. The molecular weight excluding hydrogens is 351 g/mol. The number of alkyl halides is 2. The van der Waals surface area contributed by atoms with Gasteiger partial charge in [0, 0.05) is 31.6 Å². The summed E-state index contributed by atoms with van der Waals surface area (Å²) in [5.74, 6) is 0.755. The van der Waals surface area contributed by atoms with E-state index in [1.54, 1.807) is 0 Å². The van der Waals surface area contributed by atoms with E-state index in [4.69, 9.17) is 21.6 Å². The van der Waals surface area contributed by atoms with Gasteiger partial charge in [-0.1, -0.05) is 17.7 Å². The number of hydrogen-bond donors (Lipinski definition) is 1. The molecule has 0 radical (unpaired) electrons. The molecule has 3 heterocycles. The van der Waals surface area contributed by atoms with Gasteiger partial charge in [-0.3, -0.25) is 0 Å². The Balaban J connectivity index is 1.75. The first-order valence-electron chi connectivity index (χ1n) is 9.63. The van der Waals surface area contributed by atoms with E-state index in [1.165, 1.54) is 16.7 Å². The number of piperidine rings is 1. The molecule has 0 bridgehead atoms. The SMILES string of the molecule is CC1=CC=C(c2nc(N3CCC(F)CC3)nc3c2CCNCC3)CC1Cl. The van der Waals surface area contributed by atoms with Crippen molar-refractivity contribution in [1.29, 1.82) is 0 Å². The van der Waals surface area contributed by atoms with Gasteiger partial charge in [-0.2, -0.15) is 0 Å². The number of hydrogen-bond acceptors (Lipinski definition) is 4. The van der Waals surface area contributed by atoms with Crippen LogP contribution in [0.1, 0.15) is 43.1 Å². The molecule has 0 amide bonds. The maximum Gasteiger partial charge on any atom is 0.226 e. The fraction of sp³-hybridized carbons (Fsp3) is 0.600. The van der Waals surface area contributed by atoms with Crippen molar-refractivity contribution in [3.63, 3.8) is 0 Å². The van der Waals surface area contributed by atoms with Crippen LogP contribution in [0.3, 0.4) is 0 Å². The first-order valence-corrected chi connectivity index (χ1v) is 10.1. The summed E-state index contributed by atoms with van der Waals surface area (Å²) >= 11 is 6.51. The van der Waals surface area contributed by atoms with Crippen LogP contribution in [0.5, 0.6) is 0 Å². The van der Waals surface area contributed by atoms with Crippen molar-refractivity contribution < 1.29 is 4.39 Å². The third-order valence-corrected chi connectivity index (χ3v) is 6.12. The molecule has 26 heavy (non-hydrogen) atoms. The average molecular weight is 377 g/mol. The Morgan fingerprint density at radius 3 is 2.69 bits per heavy atom. The maximum atomic E-state index is 13.5. The van der Waals surface area contributed by atoms with Crippen LogP contribution < -0.4 is 10.2 Å². The van der Waals surface area contributed by atoms with E-state index in [9.17, 15) is 4.39 Å². The smallest absolute Gasteiger partial charge is 0.226 e. The van der Waals surface area contributed by atoms with E-state index >= 15 is 0 Å². The van der Waals surface area contributed by atoms with Gasteiger partial charge in [0.05, 0.1) is 16.8 Å². The Bertz CT molecular complexity index is 738. The summed E-state index contributed by atoms with van der Waals surface area (Å²) in [6.07, 6.45) is 7.33. The van der Waals surface area contributed by atoms with Crippen molar-refractivity contribution in [2.75, 3.05) is 31.1 Å². The minimum Gasteiger partial charge on any atom is -0.341 e. The highest BCUT2D eigenvalue weighted by atomic mass is 35.5. The highest BCUT2D eigenvalue weighted by Gasteiger charge is 2.26. The van der Waals surface area contributed by atoms with Gasteiger partial charge in [-0.15, -0.1) is 11.6 Å². The van der Waals surface area contributed by atoms with Crippen LogP contribution in [-0.2, 0) is 12.8 Å². The number of anilines is 1. The van der Waals surface area contributed by atoms with Crippen molar-refractivity contribution in [3.05, 3.63) is 34.7 Å². The van der Waals surface area contributed by atoms with E-state index in [0.29, 0.717) is 25.9 Å². The normalized spacial score (nSPS) is 24.6. The third-order valence-electron chi connectivity index (χ3n) is 5.62. The molecule has 1 aliphatic carbocycles. The molecule has 0 aromatic carbocycles. The Morgan fingerprint density at radius 2 is 1.92 bits per heavy atom. The minimum absolute atomic E-state index is 0.0234. The number of nitrogens with one attached hydrogen (secondary N) is 1. The molecule has 4 rings (SSSR count). The lowest BCUT2D eigenvalue weighted by atomic mass is 9.92. The summed E-state index contributed by atoms with van der Waals surface area (Å²) in [4.78, 5) is 12.0. The molecule has 1 N–H and O–H groups in total. The first kappa shape index (κ1) is 17.9. The van der Waals surface area contributed by atoms with Gasteiger partial charge >= 0.3 is 0 Å². The largest absolute Gasteiger partial charge is 0.341 e. The van der Waals surface area contributed by atoms with Crippen molar-refractivity contribution >= 4 is 23.1 Å². The molecule has 6 heteroatoms. The molecule has 3 aliphatic rings. The van der Waals surface area contributed by atoms with Crippen LogP contribution in [0.4, 0.5) is 10.3 Å². The number of halogens is 2. The summed E-state index contributed by atoms with van der Waals surface area (Å²) in [7, 11) is 0. The van der Waals surface area contributed by atoms with E-state index in [0.717, 1.165) is 49.7 Å². The summed E-state index contributed by atoms with van der Waals surface area (Å²) in [5.41, 5.74) is 5.82. The van der Waals surface area contributed by atoms with Crippen LogP contribution in [0.2, 0.25) is 0 Å². The van der Waals surface area contributed by atoms with Crippen LogP contribution in [0, 0.1) is 0 Å². The van der Waals surface area contributed by atoms with Gasteiger partial charge in [-0.25, -0.2) is 14.4 Å². The quantitative estimate of drug-likeness (QED) is 0.803. The second kappa shape index (κ2) is 7.65. The number of allylic oxidation sites excluding steroid dienone is 4. The molecule has 1 aromatic rings. The zero-order chi connectivity index (χ0) is 18.1. The topological polar surface area (TPSA) is 41.1 Å². The van der Waals surface area contributed by atoms with Crippen LogP contribution in [-0.4, -0.2) is 47.7 Å². The van der Waals surface area contributed by atoms with Crippen molar-refractivity contribution in [2.24, 2.45) is 0 Å². The summed E-state index contributed by atoms with van der Waals surface area (Å²) in [6, 6.07) is 0. The second-order valence-corrected chi connectivity index (χ2v) is 8.01. The van der Waals surface area contributed by atoms with Gasteiger partial charge in [0.2, 0.25) is 5.95 Å². The van der Waals surface area contributed by atoms with Crippen LogP contribution in [0.25, 0.3) is 5.57 Å². The molecule has 4 nitrogen and oxygen atoms in total. The van der Waals surface area contributed by atoms with Crippen molar-refractivity contribution in [2.45, 2.75) is 50.6 Å². The van der Waals surface area contributed by atoms with Gasteiger partial charge in [-0.05, 0) is 44.7 Å². The highest BCUT2D eigenvalue weighted by molar-refractivity contribution is 6.23. The lowest BCUT2D eigenvalue weighted by Crippen LogP contribution is -2.36. The van der Waals surface area contributed by atoms with E-state index in [2.05, 4.69) is 29.3 Å². The number of nitrogens with zero attached hydrogens (tertiary/aromatic N) is 3. The third kappa shape index (κ3) is 3.65. The predicted octanol–water partition coefficient (Wildman–Crippen LogP) is 3.44. The van der Waals surface area contributed by atoms with Crippen LogP contribution in [0.15, 0.2) is 17.7 Å². The van der Waals surface area contributed by atoms with E-state index in [1.807, 2.05) is 0 Å². The van der Waals surface area contributed by atoms with E-state index in [-0.39, 0.29) is 5.38 Å². The average Bonchev–Trinajstić information content (AvgIpc) is 2.89. The summed E-state index contributed by atoms with van der Waals surface area (Å²) < 4.78 is 13.5. The Morgan fingerprint density at radius 1 is 1.15 bits per heavy atom. The molecular formula is C20H26ClFN4. The minimum atomic E-state index is -0.693. The fourth-order valence-corrected chi connectivity index (χ4v) is 4.16. The Kier molecular flexibility index (Phi) is 5.28. The standard InChI is InChI=1S/C20H26ClFN4/c1-13-2-3-14(12-17(13)21)19-16-4-8-23-9-5-18(16)24-20(25-19)26-10-6-15(22)7-11-26/h2-3,15,17,23H,4-12H2,1H3. The van der Waals surface area contributed by atoms with Crippen molar-refractivity contribution in [1.82, 2.24) is 15.3 Å². The molecule has 1 saturated heterocycles. The Labute approximate surface area is 159 Å². The fourth-order valence-electron chi connectivity index (χ4n) is 3.92. The lowest BCUT2D eigenvalue weighted by molar-refractivity contribution is 0.276. The summed E-state index contributed by atoms with van der Waals surface area (Å²) in [6.45, 7) is 5.33. The first-order chi connectivity index (χ1) is 12.6. The molecule has 1 fully saturated rings. The molecule has 1 aromatic heterocycles. The number of rotatable bonds is 2. The zero-order valence-electron chi connectivity index (χ0n) is 15.3. The molecule has 1 unspecified atom stereocenters. The predicted molar refractivity (Wildman–Crippen MR) is 105 cm³/mol. The molecule has 0 saturated carbocycles. The zero-order valence-corrected chi connectivity index (χ0v) is 16.0. The molecule has 2 aliphatic heterocycles.